The van der Waals surface area contributed by atoms with E-state index >= 15 is 0 Å². The van der Waals surface area contributed by atoms with E-state index < -0.39 is 0 Å². The second-order valence-corrected chi connectivity index (χ2v) is 5.02. The third-order valence-corrected chi connectivity index (χ3v) is 3.40. The van der Waals surface area contributed by atoms with Crippen LogP contribution in [0.2, 0.25) is 0 Å². The molecule has 124 valence electrons. The summed E-state index contributed by atoms with van der Waals surface area (Å²) in [5, 5.41) is 12.7. The highest BCUT2D eigenvalue weighted by Crippen LogP contribution is 2.42. The van der Waals surface area contributed by atoms with Crippen molar-refractivity contribution in [3.8, 4) is 28.7 Å². The summed E-state index contributed by atoms with van der Waals surface area (Å²) in [6.45, 7) is 1.31. The summed E-state index contributed by atoms with van der Waals surface area (Å²) < 4.78 is 15.8. The molecule has 0 saturated heterocycles. The molecule has 24 heavy (non-hydrogen) atoms. The number of benzene rings is 2. The summed E-state index contributed by atoms with van der Waals surface area (Å²) in [4.78, 5) is 27.5. The topological polar surface area (TPSA) is 111 Å². The minimum absolute atomic E-state index is 0.00826. The van der Waals surface area contributed by atoms with Crippen LogP contribution in [0.15, 0.2) is 27.4 Å². The van der Waals surface area contributed by atoms with Gasteiger partial charge < -0.3 is 24.3 Å². The Morgan fingerprint density at radius 1 is 1.25 bits per heavy atom. The van der Waals surface area contributed by atoms with E-state index in [2.05, 4.69) is 10.3 Å². The number of anilines is 1. The zero-order valence-electron chi connectivity index (χ0n) is 13.2. The molecule has 0 atom stereocenters. The van der Waals surface area contributed by atoms with E-state index in [4.69, 9.17) is 13.9 Å². The zero-order valence-corrected chi connectivity index (χ0v) is 13.2. The van der Waals surface area contributed by atoms with Crippen LogP contribution in [0.4, 0.5) is 5.69 Å². The lowest BCUT2D eigenvalue weighted by atomic mass is 10.2. The molecule has 0 spiro atoms. The first-order valence-electron chi connectivity index (χ1n) is 6.94. The number of hydrogen-bond acceptors (Lipinski definition) is 7. The van der Waals surface area contributed by atoms with Gasteiger partial charge in [-0.15, -0.1) is 0 Å². The number of hydrogen-bond donors (Lipinski definition) is 2. The molecule has 1 aliphatic carbocycles. The predicted octanol–water partition coefficient (Wildman–Crippen LogP) is 1.97. The molecule has 1 aliphatic heterocycles. The maximum Gasteiger partial charge on any atom is 0.224 e. The number of carbonyl (C=O) groups is 1. The maximum atomic E-state index is 11.9. The highest BCUT2D eigenvalue weighted by molar-refractivity contribution is 5.97. The second kappa shape index (κ2) is 5.73. The van der Waals surface area contributed by atoms with Gasteiger partial charge in [0.05, 0.1) is 19.9 Å². The SMILES string of the molecule is COc1cc2nc3cc(NC(C)=O)c(O)c(OC)c3oc-2cc1=O. The molecule has 0 fully saturated rings. The van der Waals surface area contributed by atoms with E-state index in [-0.39, 0.29) is 45.6 Å². The first-order chi connectivity index (χ1) is 11.4. The molecule has 8 heteroatoms. The minimum atomic E-state index is -0.359. The molecule has 3 rings (SSSR count). The predicted molar refractivity (Wildman–Crippen MR) is 86.0 cm³/mol. The Balaban J connectivity index is 2.36. The van der Waals surface area contributed by atoms with E-state index in [9.17, 15) is 14.7 Å². The minimum Gasteiger partial charge on any atom is -0.503 e. The van der Waals surface area contributed by atoms with E-state index in [1.165, 1.54) is 39.3 Å². The number of ether oxygens (including phenoxy) is 2. The third-order valence-electron chi connectivity index (χ3n) is 3.40. The lowest BCUT2D eigenvalue weighted by Gasteiger charge is -2.14. The largest absolute Gasteiger partial charge is 0.503 e. The van der Waals surface area contributed by atoms with Crippen molar-refractivity contribution in [3.63, 3.8) is 0 Å². The number of nitrogens with one attached hydrogen (secondary N) is 1. The number of amides is 1. The molecule has 0 aromatic heterocycles. The number of methoxy groups -OCH3 is 2. The number of fused-ring (bicyclic) bond motifs is 2. The molecule has 1 heterocycles. The van der Waals surface area contributed by atoms with Crippen molar-refractivity contribution >= 4 is 22.7 Å². The lowest BCUT2D eigenvalue weighted by Crippen LogP contribution is -2.08. The molecule has 2 N–H and O–H groups in total. The molecule has 0 saturated carbocycles. The molecule has 2 aliphatic rings. The van der Waals surface area contributed by atoms with Crippen molar-refractivity contribution in [2.24, 2.45) is 0 Å². The summed E-state index contributed by atoms with van der Waals surface area (Å²) in [6.07, 6.45) is 0. The summed E-state index contributed by atoms with van der Waals surface area (Å²) in [5.41, 5.74) is 0.664. The van der Waals surface area contributed by atoms with E-state index in [1.807, 2.05) is 0 Å². The Kier molecular flexibility index (Phi) is 3.72. The number of nitrogens with zero attached hydrogens (tertiary/aromatic N) is 1. The van der Waals surface area contributed by atoms with Gasteiger partial charge in [-0.25, -0.2) is 4.98 Å². The van der Waals surface area contributed by atoms with Crippen LogP contribution in [-0.2, 0) is 4.79 Å². The van der Waals surface area contributed by atoms with Gasteiger partial charge in [0.1, 0.15) is 11.2 Å². The molecule has 1 amide bonds. The maximum absolute atomic E-state index is 11.9. The van der Waals surface area contributed by atoms with Crippen LogP contribution in [0, 0.1) is 0 Å². The van der Waals surface area contributed by atoms with Crippen LogP contribution in [-0.4, -0.2) is 30.2 Å². The fourth-order valence-electron chi connectivity index (χ4n) is 2.37. The second-order valence-electron chi connectivity index (χ2n) is 5.02. The summed E-state index contributed by atoms with van der Waals surface area (Å²) in [5.74, 6) is -0.285. The molecule has 1 aromatic carbocycles. The zero-order chi connectivity index (χ0) is 17.4. The lowest BCUT2D eigenvalue weighted by molar-refractivity contribution is -0.114. The molecule has 1 aromatic rings. The Hall–Kier alpha value is -3.29. The van der Waals surface area contributed by atoms with Gasteiger partial charge >= 0.3 is 0 Å². The molecular formula is C16H14N2O6. The van der Waals surface area contributed by atoms with Gasteiger partial charge in [-0.1, -0.05) is 0 Å². The van der Waals surface area contributed by atoms with Crippen LogP contribution in [0.25, 0.3) is 22.6 Å². The summed E-state index contributed by atoms with van der Waals surface area (Å²) in [7, 11) is 2.73. The first kappa shape index (κ1) is 15.6. The van der Waals surface area contributed by atoms with Crippen molar-refractivity contribution in [1.29, 1.82) is 0 Å². The molecule has 0 bridgehead atoms. The van der Waals surface area contributed by atoms with Crippen LogP contribution in [0.3, 0.4) is 0 Å². The summed E-state index contributed by atoms with van der Waals surface area (Å²) >= 11 is 0. The number of phenols is 1. The Morgan fingerprint density at radius 3 is 2.62 bits per heavy atom. The highest BCUT2D eigenvalue weighted by Gasteiger charge is 2.21. The molecular weight excluding hydrogens is 316 g/mol. The van der Waals surface area contributed by atoms with Gasteiger partial charge in [-0.2, -0.15) is 0 Å². The number of aromatic hydroxyl groups is 1. The number of rotatable bonds is 3. The van der Waals surface area contributed by atoms with Crippen molar-refractivity contribution in [2.75, 3.05) is 19.5 Å². The standard InChI is InChI=1S/C16H14N2O6/c1-7(19)17-9-4-10-15(16(23-3)14(9)21)24-12-6-11(20)13(22-2)5-8(12)18-10/h4-6,21H,1-3H3,(H,17,19). The van der Waals surface area contributed by atoms with Crippen LogP contribution < -0.4 is 20.2 Å². The van der Waals surface area contributed by atoms with E-state index in [1.54, 1.807) is 0 Å². The molecule has 8 nitrogen and oxygen atoms in total. The Bertz CT molecular complexity index is 979. The Morgan fingerprint density at radius 2 is 2.00 bits per heavy atom. The van der Waals surface area contributed by atoms with Crippen molar-refractivity contribution in [1.82, 2.24) is 4.98 Å². The van der Waals surface area contributed by atoms with Crippen molar-refractivity contribution in [3.05, 3.63) is 28.4 Å². The smallest absolute Gasteiger partial charge is 0.224 e. The normalized spacial score (nSPS) is 10.8. The van der Waals surface area contributed by atoms with E-state index in [0.29, 0.717) is 11.2 Å². The quantitative estimate of drug-likeness (QED) is 0.558. The third kappa shape index (κ3) is 2.47. The average Bonchev–Trinajstić information content (AvgIpc) is 2.53. The van der Waals surface area contributed by atoms with Gasteiger partial charge in [0.25, 0.3) is 0 Å². The first-order valence-corrected chi connectivity index (χ1v) is 6.94. The van der Waals surface area contributed by atoms with Gasteiger partial charge in [0.2, 0.25) is 17.1 Å². The fourth-order valence-corrected chi connectivity index (χ4v) is 2.37. The van der Waals surface area contributed by atoms with E-state index in [0.717, 1.165) is 0 Å². The van der Waals surface area contributed by atoms with Gasteiger partial charge in [0, 0.05) is 19.1 Å². The average molecular weight is 330 g/mol. The fraction of sp³-hybridized carbons (Fsp3) is 0.188. The molecule has 0 radical (unpaired) electrons. The van der Waals surface area contributed by atoms with Crippen LogP contribution >= 0.6 is 0 Å². The van der Waals surface area contributed by atoms with Gasteiger partial charge in [-0.3, -0.25) is 9.59 Å². The number of carbonyl (C=O) groups excluding carboxylic acids is 1. The molecule has 0 unspecified atom stereocenters. The van der Waals surface area contributed by atoms with Crippen molar-refractivity contribution < 1.29 is 23.8 Å². The van der Waals surface area contributed by atoms with Crippen LogP contribution in [0.5, 0.6) is 17.2 Å². The highest BCUT2D eigenvalue weighted by atomic mass is 16.5. The van der Waals surface area contributed by atoms with Crippen LogP contribution in [0.1, 0.15) is 6.92 Å². The monoisotopic (exact) mass is 330 g/mol. The van der Waals surface area contributed by atoms with Gasteiger partial charge in [0.15, 0.2) is 22.8 Å². The summed E-state index contributed by atoms with van der Waals surface area (Å²) in [6, 6.07) is 4.16. The number of phenolic OH excluding ortho intramolecular Hbond substituents is 1. The van der Waals surface area contributed by atoms with Gasteiger partial charge in [-0.05, 0) is 6.07 Å². The van der Waals surface area contributed by atoms with Crippen molar-refractivity contribution in [2.45, 2.75) is 6.92 Å². The number of aromatic nitrogens is 1. The Labute approximate surface area is 136 Å².